The quantitative estimate of drug-likeness (QED) is 0.0770. The minimum Gasteiger partial charge on any atom is -0.352 e. The van der Waals surface area contributed by atoms with Crippen molar-refractivity contribution in [1.29, 1.82) is 0 Å². The number of carbonyl (C=O) groups is 8. The molecular weight excluding hydrogens is 877 g/mol. The van der Waals surface area contributed by atoms with Crippen molar-refractivity contribution in [3.05, 3.63) is 70.8 Å². The van der Waals surface area contributed by atoms with Crippen molar-refractivity contribution >= 4 is 47.0 Å². The smallest absolute Gasteiger partial charge is 0.246 e. The second kappa shape index (κ2) is 25.4. The van der Waals surface area contributed by atoms with Crippen LogP contribution in [0.25, 0.3) is 0 Å². The summed E-state index contributed by atoms with van der Waals surface area (Å²) in [6.45, 7) is 18.5. The van der Waals surface area contributed by atoms with Gasteiger partial charge in [0.15, 0.2) is 11.6 Å². The van der Waals surface area contributed by atoms with Crippen molar-refractivity contribution in [2.75, 3.05) is 20.6 Å². The van der Waals surface area contributed by atoms with Gasteiger partial charge in [-0.3, -0.25) is 38.4 Å². The highest BCUT2D eigenvalue weighted by atomic mass is 16.2. The third-order valence-corrected chi connectivity index (χ3v) is 13.8. The number of amides is 6. The molecule has 1 aliphatic carbocycles. The first-order valence-electron chi connectivity index (χ1n) is 24.9. The highest BCUT2D eigenvalue weighted by molar-refractivity contribution is 6.02. The number of benzene rings is 2. The predicted octanol–water partition coefficient (Wildman–Crippen LogP) is 4.56. The highest BCUT2D eigenvalue weighted by Gasteiger charge is 2.46. The van der Waals surface area contributed by atoms with Crippen molar-refractivity contribution in [3.8, 4) is 0 Å². The van der Waals surface area contributed by atoms with E-state index in [0.717, 1.165) is 24.8 Å². The number of fused-ring (bicyclic) bond motifs is 1. The number of nitrogens with zero attached hydrogens (tertiary/aromatic N) is 1. The molecule has 4 rings (SSSR count). The molecule has 69 heavy (non-hydrogen) atoms. The van der Waals surface area contributed by atoms with Crippen LogP contribution in [0.1, 0.15) is 152 Å². The molecule has 0 spiro atoms. The third-order valence-electron chi connectivity index (χ3n) is 13.8. The summed E-state index contributed by atoms with van der Waals surface area (Å²) in [7, 11) is 3.30. The van der Waals surface area contributed by atoms with E-state index in [4.69, 9.17) is 0 Å². The van der Waals surface area contributed by atoms with Gasteiger partial charge in [0.05, 0.1) is 18.1 Å². The van der Waals surface area contributed by atoms with E-state index in [1.54, 1.807) is 66.1 Å². The second-order valence-electron chi connectivity index (χ2n) is 20.9. The number of ketones is 2. The molecule has 0 saturated carbocycles. The van der Waals surface area contributed by atoms with Crippen LogP contribution in [0, 0.1) is 23.2 Å². The number of hydrogen-bond donors (Lipinski definition) is 7. The molecule has 2 aromatic rings. The van der Waals surface area contributed by atoms with Crippen LogP contribution in [0.4, 0.5) is 0 Å². The summed E-state index contributed by atoms with van der Waals surface area (Å²) in [5, 5.41) is 20.5. The second-order valence-corrected chi connectivity index (χ2v) is 20.9. The standard InChI is InChI=1S/C53H80N8O8/c1-30(2)32(5)56-49(66)41(58-51(68)45(31(3)4)59-47(64)33(6)54-11)24-17-25-43(62)37-20-15-21-38(28-37)44(63)27-35-26-42(50(67)57-40-23-16-19-36-18-13-14-22-39(36)40)61(29-35)52(69)46(53(8,9)10)60-48(65)34(7)55-12/h13-15,18,20-22,28,30-35,40-42,45-46,54-55H,16-17,19,23-27,29H2,1-12H3,(H,56,66)(H,57,67)(H,58,68)(H,59,64)(H,60,65)/t32-,33+,34-,35+,40+,41+,42-,45+,46+/m0/s1. The maximum absolute atomic E-state index is 14.6. The molecule has 1 fully saturated rings. The molecular formula is C53H80N8O8. The first kappa shape index (κ1) is 56.1. The van der Waals surface area contributed by atoms with Gasteiger partial charge >= 0.3 is 0 Å². The topological polar surface area (TPSA) is 224 Å². The fourth-order valence-electron chi connectivity index (χ4n) is 8.77. The molecule has 1 saturated heterocycles. The Morgan fingerprint density at radius 2 is 1.33 bits per heavy atom. The van der Waals surface area contributed by atoms with Crippen LogP contribution in [0.15, 0.2) is 48.5 Å². The van der Waals surface area contributed by atoms with E-state index in [0.29, 0.717) is 11.1 Å². The van der Waals surface area contributed by atoms with Crippen LogP contribution < -0.4 is 37.2 Å². The Morgan fingerprint density at radius 1 is 0.710 bits per heavy atom. The molecule has 7 N–H and O–H groups in total. The maximum Gasteiger partial charge on any atom is 0.246 e. The van der Waals surface area contributed by atoms with E-state index < -0.39 is 65.3 Å². The number of rotatable bonds is 23. The number of likely N-dealkylation sites (N-methyl/N-ethyl adjacent to an activating group) is 2. The Morgan fingerprint density at radius 3 is 1.94 bits per heavy atom. The molecule has 1 heterocycles. The van der Waals surface area contributed by atoms with Crippen LogP contribution >= 0.6 is 0 Å². The first-order chi connectivity index (χ1) is 32.5. The molecule has 0 radical (unpaired) electrons. The molecule has 0 bridgehead atoms. The third kappa shape index (κ3) is 15.5. The first-order valence-corrected chi connectivity index (χ1v) is 24.9. The van der Waals surface area contributed by atoms with E-state index in [9.17, 15) is 38.4 Å². The lowest BCUT2D eigenvalue weighted by Gasteiger charge is -2.36. The molecule has 16 heteroatoms. The number of Topliss-reactive ketones (excluding diaryl/α,β-unsaturated/α-hetero) is 2. The zero-order valence-corrected chi connectivity index (χ0v) is 43.0. The van der Waals surface area contributed by atoms with E-state index in [1.165, 1.54) is 10.5 Å². The van der Waals surface area contributed by atoms with Crippen molar-refractivity contribution in [3.63, 3.8) is 0 Å². The van der Waals surface area contributed by atoms with E-state index in [1.807, 2.05) is 59.7 Å². The summed E-state index contributed by atoms with van der Waals surface area (Å²) in [6, 6.07) is 9.27. The number of likely N-dealkylation sites (tertiary alicyclic amines) is 1. The molecule has 0 unspecified atom stereocenters. The summed E-state index contributed by atoms with van der Waals surface area (Å²) < 4.78 is 0. The van der Waals surface area contributed by atoms with Crippen molar-refractivity contribution in [2.24, 2.45) is 23.2 Å². The fraction of sp³-hybridized carbons (Fsp3) is 0.623. The van der Waals surface area contributed by atoms with Gasteiger partial charge in [0, 0.05) is 36.6 Å². The van der Waals surface area contributed by atoms with Gasteiger partial charge in [-0.15, -0.1) is 0 Å². The minimum atomic E-state index is -0.978. The molecule has 0 aromatic heterocycles. The lowest BCUT2D eigenvalue weighted by Crippen LogP contribution is -2.59. The average molecular weight is 957 g/mol. The van der Waals surface area contributed by atoms with Gasteiger partial charge in [-0.2, -0.15) is 0 Å². The molecule has 2 aliphatic rings. The van der Waals surface area contributed by atoms with Gasteiger partial charge in [-0.1, -0.05) is 90.9 Å². The van der Waals surface area contributed by atoms with Gasteiger partial charge in [0.1, 0.15) is 24.2 Å². The lowest BCUT2D eigenvalue weighted by atomic mass is 9.85. The summed E-state index contributed by atoms with van der Waals surface area (Å²) >= 11 is 0. The van der Waals surface area contributed by atoms with Crippen molar-refractivity contribution in [2.45, 2.75) is 169 Å². The number of carbonyl (C=O) groups excluding carboxylic acids is 8. The Hall–Kier alpha value is -5.48. The predicted molar refractivity (Wildman–Crippen MR) is 267 cm³/mol. The highest BCUT2D eigenvalue weighted by Crippen LogP contribution is 2.34. The number of aryl methyl sites for hydroxylation is 1. The van der Waals surface area contributed by atoms with Gasteiger partial charge in [-0.25, -0.2) is 0 Å². The SMILES string of the molecule is CN[C@@H](C)C(=O)N[C@H](C(=O)N1C[C@@H](CC(=O)c2cccc(C(=O)CCC[C@@H](NC(=O)[C@H](NC(=O)[C@@H](C)NC)C(C)C)C(=O)N[C@@H](C)C(C)C)c2)C[C@H]1C(=O)N[C@@H]1CCCc2ccccc21)C(C)(C)C. The monoisotopic (exact) mass is 957 g/mol. The normalized spacial score (nSPS) is 19.6. The summed E-state index contributed by atoms with van der Waals surface area (Å²) in [5.74, 6) is -3.35. The van der Waals surface area contributed by atoms with E-state index in [2.05, 4.69) is 43.3 Å². The Labute approximate surface area is 409 Å². The zero-order valence-electron chi connectivity index (χ0n) is 43.0. The summed E-state index contributed by atoms with van der Waals surface area (Å²) in [5.41, 5.74) is 2.15. The van der Waals surface area contributed by atoms with Crippen LogP contribution in [0.3, 0.4) is 0 Å². The minimum absolute atomic E-state index is 0.0117. The molecule has 380 valence electrons. The van der Waals surface area contributed by atoms with Crippen molar-refractivity contribution in [1.82, 2.24) is 42.1 Å². The van der Waals surface area contributed by atoms with Gasteiger partial charge in [0.2, 0.25) is 35.4 Å². The van der Waals surface area contributed by atoms with Crippen LogP contribution in [-0.2, 0) is 35.2 Å². The molecule has 6 amide bonds. The lowest BCUT2D eigenvalue weighted by molar-refractivity contribution is -0.144. The molecule has 9 atom stereocenters. The molecule has 2 aromatic carbocycles. The summed E-state index contributed by atoms with van der Waals surface area (Å²) in [4.78, 5) is 111. The van der Waals surface area contributed by atoms with Crippen LogP contribution in [0.5, 0.6) is 0 Å². The van der Waals surface area contributed by atoms with Gasteiger partial charge in [0.25, 0.3) is 0 Å². The number of nitrogens with one attached hydrogen (secondary N) is 7. The Balaban J connectivity index is 1.50. The molecule has 16 nitrogen and oxygen atoms in total. The maximum atomic E-state index is 14.6. The fourth-order valence-corrected chi connectivity index (χ4v) is 8.77. The van der Waals surface area contributed by atoms with Gasteiger partial charge in [-0.05, 0) is 114 Å². The van der Waals surface area contributed by atoms with Crippen LogP contribution in [0.2, 0.25) is 0 Å². The van der Waals surface area contributed by atoms with E-state index >= 15 is 0 Å². The Bertz CT molecular complexity index is 2150. The number of hydrogen-bond acceptors (Lipinski definition) is 10. The molecule has 1 aliphatic heterocycles. The van der Waals surface area contributed by atoms with Gasteiger partial charge < -0.3 is 42.1 Å². The van der Waals surface area contributed by atoms with Crippen molar-refractivity contribution < 1.29 is 38.4 Å². The summed E-state index contributed by atoms with van der Waals surface area (Å²) in [6.07, 6.45) is 3.23. The van der Waals surface area contributed by atoms with Crippen LogP contribution in [-0.4, -0.2) is 115 Å². The van der Waals surface area contributed by atoms with E-state index in [-0.39, 0.29) is 91.9 Å². The average Bonchev–Trinajstić information content (AvgIpc) is 3.74. The Kier molecular flexibility index (Phi) is 20.7. The zero-order chi connectivity index (χ0) is 51.3. The largest absolute Gasteiger partial charge is 0.352 e.